The molecule has 0 atom stereocenters. The van der Waals surface area contributed by atoms with Crippen molar-refractivity contribution in [2.24, 2.45) is 7.05 Å². The van der Waals surface area contributed by atoms with E-state index in [1.54, 1.807) is 24.3 Å². The number of carbonyl (C=O) groups is 1. The molecule has 1 aromatic heterocycles. The summed E-state index contributed by atoms with van der Waals surface area (Å²) in [5, 5.41) is 1.09. The molecule has 1 heterocycles. The zero-order chi connectivity index (χ0) is 17.1. The molecule has 0 aliphatic heterocycles. The first-order valence-electron chi connectivity index (χ1n) is 7.50. The van der Waals surface area contributed by atoms with Crippen LogP contribution < -0.4 is 10.3 Å². The summed E-state index contributed by atoms with van der Waals surface area (Å²) < 4.78 is 12.0. The summed E-state index contributed by atoms with van der Waals surface area (Å²) in [6.07, 6.45) is 0. The van der Waals surface area contributed by atoms with Gasteiger partial charge in [-0.1, -0.05) is 48.5 Å². The van der Waals surface area contributed by atoms with Gasteiger partial charge in [0.15, 0.2) is 11.4 Å². The van der Waals surface area contributed by atoms with Gasteiger partial charge >= 0.3 is 5.97 Å². The molecule has 0 N–H and O–H groups in total. The molecular weight excluding hydrogens is 306 g/mol. The molecule has 3 rings (SSSR count). The lowest BCUT2D eigenvalue weighted by molar-refractivity contribution is 0.0582. The number of rotatable bonds is 4. The Bertz CT molecular complexity index is 945. The normalized spacial score (nSPS) is 10.6. The van der Waals surface area contributed by atoms with Crippen molar-refractivity contribution in [3.8, 4) is 5.75 Å². The molecule has 0 fully saturated rings. The lowest BCUT2D eigenvalue weighted by atomic mass is 10.1. The predicted octanol–water partition coefficient (Wildman–Crippen LogP) is 2.90. The third-order valence-electron chi connectivity index (χ3n) is 3.86. The zero-order valence-corrected chi connectivity index (χ0v) is 13.5. The van der Waals surface area contributed by atoms with Crippen molar-refractivity contribution < 1.29 is 14.3 Å². The van der Waals surface area contributed by atoms with Crippen LogP contribution in [0.25, 0.3) is 10.8 Å². The predicted molar refractivity (Wildman–Crippen MR) is 91.3 cm³/mol. The first-order chi connectivity index (χ1) is 11.6. The van der Waals surface area contributed by atoms with Crippen molar-refractivity contribution in [3.05, 3.63) is 76.2 Å². The maximum atomic E-state index is 12.5. The summed E-state index contributed by atoms with van der Waals surface area (Å²) in [5.74, 6) is -0.258. The van der Waals surface area contributed by atoms with Crippen LogP contribution in [0.4, 0.5) is 0 Å². The minimum Gasteiger partial charge on any atom is -0.486 e. The standard InChI is InChI=1S/C19H17NO4/c1-20-16(19(22)23-2)17(24-12-13-8-4-3-5-9-13)14-10-6-7-11-15(14)18(20)21/h3-11H,12H2,1-2H3. The van der Waals surface area contributed by atoms with Gasteiger partial charge in [-0.25, -0.2) is 4.79 Å². The SMILES string of the molecule is COC(=O)c1c(OCc2ccccc2)c2ccccc2c(=O)n1C. The van der Waals surface area contributed by atoms with Crippen molar-refractivity contribution in [3.63, 3.8) is 0 Å². The molecule has 0 spiro atoms. The summed E-state index contributed by atoms with van der Waals surface area (Å²) in [4.78, 5) is 24.7. The van der Waals surface area contributed by atoms with E-state index < -0.39 is 5.97 Å². The summed E-state index contributed by atoms with van der Waals surface area (Å²) in [6.45, 7) is 0.285. The lowest BCUT2D eigenvalue weighted by Crippen LogP contribution is -2.25. The summed E-state index contributed by atoms with van der Waals surface area (Å²) in [7, 11) is 2.82. The van der Waals surface area contributed by atoms with Crippen molar-refractivity contribution in [2.75, 3.05) is 7.11 Å². The van der Waals surface area contributed by atoms with E-state index in [9.17, 15) is 9.59 Å². The molecule has 24 heavy (non-hydrogen) atoms. The maximum Gasteiger partial charge on any atom is 0.358 e. The molecule has 122 valence electrons. The van der Waals surface area contributed by atoms with Gasteiger partial charge in [-0.15, -0.1) is 0 Å². The number of methoxy groups -OCH3 is 1. The molecule has 5 nitrogen and oxygen atoms in total. The smallest absolute Gasteiger partial charge is 0.358 e. The Labute approximate surface area is 139 Å². The fraction of sp³-hybridized carbons (Fsp3) is 0.158. The fourth-order valence-electron chi connectivity index (χ4n) is 2.63. The van der Waals surface area contributed by atoms with Gasteiger partial charge < -0.3 is 14.0 Å². The van der Waals surface area contributed by atoms with Crippen molar-refractivity contribution in [1.82, 2.24) is 4.57 Å². The highest BCUT2D eigenvalue weighted by Crippen LogP contribution is 2.28. The second kappa shape index (κ2) is 6.58. The molecule has 5 heteroatoms. The number of hydrogen-bond acceptors (Lipinski definition) is 4. The van der Waals surface area contributed by atoms with Gasteiger partial charge in [0.1, 0.15) is 6.61 Å². The molecular formula is C19H17NO4. The number of pyridine rings is 1. The number of nitrogens with zero attached hydrogens (tertiary/aromatic N) is 1. The van der Waals surface area contributed by atoms with Crippen molar-refractivity contribution in [2.45, 2.75) is 6.61 Å². The number of fused-ring (bicyclic) bond motifs is 1. The van der Waals surface area contributed by atoms with E-state index >= 15 is 0 Å². The van der Waals surface area contributed by atoms with Gasteiger partial charge in [0, 0.05) is 12.4 Å². The highest BCUT2D eigenvalue weighted by atomic mass is 16.5. The van der Waals surface area contributed by atoms with Crippen LogP contribution in [-0.4, -0.2) is 17.6 Å². The minimum absolute atomic E-state index is 0.108. The van der Waals surface area contributed by atoms with Crippen LogP contribution in [0.3, 0.4) is 0 Å². The number of aromatic nitrogens is 1. The van der Waals surface area contributed by atoms with Gasteiger partial charge in [-0.2, -0.15) is 0 Å². The van der Waals surface area contributed by atoms with Crippen molar-refractivity contribution in [1.29, 1.82) is 0 Å². The van der Waals surface area contributed by atoms with Gasteiger partial charge in [0.25, 0.3) is 5.56 Å². The molecule has 0 aliphatic rings. The Kier molecular flexibility index (Phi) is 4.33. The number of hydrogen-bond donors (Lipinski definition) is 0. The maximum absolute atomic E-state index is 12.5. The van der Waals surface area contributed by atoms with E-state index in [4.69, 9.17) is 9.47 Å². The summed E-state index contributed by atoms with van der Waals surface area (Å²) in [5.41, 5.74) is 0.807. The highest BCUT2D eigenvalue weighted by molar-refractivity contribution is 5.99. The van der Waals surface area contributed by atoms with Crippen LogP contribution in [0.1, 0.15) is 16.1 Å². The molecule has 0 bridgehead atoms. The Morgan fingerprint density at radius 2 is 1.62 bits per heavy atom. The van der Waals surface area contributed by atoms with E-state index in [-0.39, 0.29) is 17.9 Å². The molecule has 0 radical (unpaired) electrons. The van der Waals surface area contributed by atoms with Gasteiger partial charge in [-0.05, 0) is 11.6 Å². The van der Waals surface area contributed by atoms with Crippen LogP contribution in [0.15, 0.2) is 59.4 Å². The topological polar surface area (TPSA) is 57.5 Å². The monoisotopic (exact) mass is 323 g/mol. The van der Waals surface area contributed by atoms with Crippen LogP contribution in [0, 0.1) is 0 Å². The Hall–Kier alpha value is -3.08. The second-order valence-electron chi connectivity index (χ2n) is 5.35. The first kappa shape index (κ1) is 15.8. The second-order valence-corrected chi connectivity index (χ2v) is 5.35. The summed E-state index contributed by atoms with van der Waals surface area (Å²) in [6, 6.07) is 16.7. The zero-order valence-electron chi connectivity index (χ0n) is 13.5. The van der Waals surface area contributed by atoms with E-state index in [1.807, 2.05) is 30.3 Å². The van der Waals surface area contributed by atoms with Crippen LogP contribution >= 0.6 is 0 Å². The molecule has 0 unspecified atom stereocenters. The minimum atomic E-state index is -0.608. The molecule has 3 aromatic rings. The van der Waals surface area contributed by atoms with E-state index in [2.05, 4.69) is 0 Å². The van der Waals surface area contributed by atoms with Crippen molar-refractivity contribution >= 4 is 16.7 Å². The van der Waals surface area contributed by atoms with Gasteiger partial charge in [0.2, 0.25) is 0 Å². The van der Waals surface area contributed by atoms with E-state index in [0.29, 0.717) is 16.5 Å². The average molecular weight is 323 g/mol. The van der Waals surface area contributed by atoms with Gasteiger partial charge in [-0.3, -0.25) is 4.79 Å². The number of carbonyl (C=O) groups excluding carboxylic acids is 1. The number of esters is 1. The lowest BCUT2D eigenvalue weighted by Gasteiger charge is -2.16. The molecule has 0 saturated heterocycles. The Morgan fingerprint density at radius 1 is 1.00 bits per heavy atom. The Balaban J connectivity index is 2.18. The number of benzene rings is 2. The average Bonchev–Trinajstić information content (AvgIpc) is 2.63. The molecule has 0 amide bonds. The molecule has 2 aromatic carbocycles. The third kappa shape index (κ3) is 2.76. The van der Waals surface area contributed by atoms with E-state index in [1.165, 1.54) is 18.7 Å². The van der Waals surface area contributed by atoms with Crippen LogP contribution in [-0.2, 0) is 18.4 Å². The first-order valence-corrected chi connectivity index (χ1v) is 7.50. The molecule has 0 aliphatic carbocycles. The largest absolute Gasteiger partial charge is 0.486 e. The van der Waals surface area contributed by atoms with Gasteiger partial charge in [0.05, 0.1) is 12.5 Å². The number of ether oxygens (including phenoxy) is 2. The van der Waals surface area contributed by atoms with Crippen LogP contribution in [0.2, 0.25) is 0 Å². The van der Waals surface area contributed by atoms with E-state index in [0.717, 1.165) is 5.56 Å². The third-order valence-corrected chi connectivity index (χ3v) is 3.86. The highest BCUT2D eigenvalue weighted by Gasteiger charge is 2.22. The Morgan fingerprint density at radius 3 is 2.29 bits per heavy atom. The van der Waals surface area contributed by atoms with Crippen LogP contribution in [0.5, 0.6) is 5.75 Å². The molecule has 0 saturated carbocycles. The quantitative estimate of drug-likeness (QED) is 0.693. The summed E-state index contributed by atoms with van der Waals surface area (Å²) >= 11 is 0. The fourth-order valence-corrected chi connectivity index (χ4v) is 2.63.